The van der Waals surface area contributed by atoms with E-state index in [0.717, 1.165) is 29.6 Å². The van der Waals surface area contributed by atoms with Gasteiger partial charge in [-0.1, -0.05) is 24.3 Å². The van der Waals surface area contributed by atoms with E-state index in [9.17, 15) is 0 Å². The van der Waals surface area contributed by atoms with E-state index in [2.05, 4.69) is 39.8 Å². The smallest absolute Gasteiger partial charge is 0.191 e. The minimum atomic E-state index is 0. The Bertz CT molecular complexity index is 905. The zero-order chi connectivity index (χ0) is 19.1. The predicted octanol–water partition coefficient (Wildman–Crippen LogP) is 3.67. The van der Waals surface area contributed by atoms with Crippen LogP contribution in [0.25, 0.3) is 5.69 Å². The lowest BCUT2D eigenvalue weighted by atomic mass is 10.1. The second kappa shape index (κ2) is 10.7. The van der Waals surface area contributed by atoms with Crippen molar-refractivity contribution in [3.8, 4) is 11.4 Å². The zero-order valence-electron chi connectivity index (χ0n) is 16.3. The number of hydrogen-bond acceptors (Lipinski definition) is 3. The number of aliphatic imine (C=N–C) groups is 1. The zero-order valence-corrected chi connectivity index (χ0v) is 18.7. The Kier molecular flexibility index (Phi) is 8.31. The fourth-order valence-electron chi connectivity index (χ4n) is 2.72. The third-order valence-electron chi connectivity index (χ3n) is 4.35. The molecule has 2 aromatic carbocycles. The molecule has 0 radical (unpaired) electrons. The third kappa shape index (κ3) is 5.72. The molecule has 2 N–H and O–H groups in total. The Morgan fingerprint density at radius 1 is 1.04 bits per heavy atom. The Labute approximate surface area is 183 Å². The normalized spacial score (nSPS) is 10.9. The highest BCUT2D eigenvalue weighted by Crippen LogP contribution is 2.14. The van der Waals surface area contributed by atoms with Crippen LogP contribution >= 0.6 is 24.0 Å². The standard InChI is InChI=1S/C21H25N5O.HI/c1-16-6-4-5-7-17(16)14-23-21(22-2)24-15-18-12-13-26(25-18)19-8-10-20(27-3)11-9-19;/h4-13H,14-15H2,1-3H3,(H2,22,23,24);1H. The van der Waals surface area contributed by atoms with Crippen molar-refractivity contribution in [1.29, 1.82) is 0 Å². The second-order valence-electron chi connectivity index (χ2n) is 6.16. The number of benzene rings is 2. The number of nitrogens with zero attached hydrogens (tertiary/aromatic N) is 3. The predicted molar refractivity (Wildman–Crippen MR) is 124 cm³/mol. The quantitative estimate of drug-likeness (QED) is 0.314. The molecule has 0 bridgehead atoms. The van der Waals surface area contributed by atoms with Gasteiger partial charge in [-0.25, -0.2) is 4.68 Å². The summed E-state index contributed by atoms with van der Waals surface area (Å²) >= 11 is 0. The van der Waals surface area contributed by atoms with E-state index < -0.39 is 0 Å². The average Bonchev–Trinajstić information content (AvgIpc) is 3.18. The first-order valence-corrected chi connectivity index (χ1v) is 8.87. The minimum Gasteiger partial charge on any atom is -0.497 e. The summed E-state index contributed by atoms with van der Waals surface area (Å²) in [5, 5.41) is 11.2. The van der Waals surface area contributed by atoms with Gasteiger partial charge in [0, 0.05) is 19.8 Å². The highest BCUT2D eigenvalue weighted by Gasteiger charge is 2.04. The van der Waals surface area contributed by atoms with Crippen LogP contribution in [0.5, 0.6) is 5.75 Å². The Morgan fingerprint density at radius 2 is 1.75 bits per heavy atom. The lowest BCUT2D eigenvalue weighted by Crippen LogP contribution is -2.36. The molecule has 0 aliphatic carbocycles. The van der Waals surface area contributed by atoms with Crippen LogP contribution in [0.1, 0.15) is 16.8 Å². The van der Waals surface area contributed by atoms with E-state index in [1.165, 1.54) is 11.1 Å². The Hall–Kier alpha value is -2.55. The summed E-state index contributed by atoms with van der Waals surface area (Å²) in [6.45, 7) is 3.43. The first kappa shape index (κ1) is 21.7. The summed E-state index contributed by atoms with van der Waals surface area (Å²) in [5.41, 5.74) is 4.44. The lowest BCUT2D eigenvalue weighted by Gasteiger charge is -2.12. The van der Waals surface area contributed by atoms with Gasteiger partial charge in [-0.2, -0.15) is 5.10 Å². The lowest BCUT2D eigenvalue weighted by molar-refractivity contribution is 0.414. The molecule has 0 amide bonds. The van der Waals surface area contributed by atoms with Crippen molar-refractivity contribution < 1.29 is 4.74 Å². The van der Waals surface area contributed by atoms with Gasteiger partial charge < -0.3 is 15.4 Å². The molecular formula is C21H26IN5O. The molecular weight excluding hydrogens is 465 g/mol. The van der Waals surface area contributed by atoms with Gasteiger partial charge in [0.25, 0.3) is 0 Å². The van der Waals surface area contributed by atoms with E-state index in [0.29, 0.717) is 6.54 Å². The third-order valence-corrected chi connectivity index (χ3v) is 4.35. The van der Waals surface area contributed by atoms with Gasteiger partial charge in [0.2, 0.25) is 0 Å². The van der Waals surface area contributed by atoms with Gasteiger partial charge in [-0.3, -0.25) is 4.99 Å². The maximum atomic E-state index is 5.19. The first-order chi connectivity index (χ1) is 13.2. The average molecular weight is 491 g/mol. The highest BCUT2D eigenvalue weighted by molar-refractivity contribution is 14.0. The van der Waals surface area contributed by atoms with Crippen LogP contribution in [0.3, 0.4) is 0 Å². The van der Waals surface area contributed by atoms with Crippen LogP contribution in [0.2, 0.25) is 0 Å². The monoisotopic (exact) mass is 491 g/mol. The number of aromatic nitrogens is 2. The van der Waals surface area contributed by atoms with E-state index >= 15 is 0 Å². The van der Waals surface area contributed by atoms with Crippen LogP contribution in [0, 0.1) is 6.92 Å². The van der Waals surface area contributed by atoms with Gasteiger partial charge in [0.1, 0.15) is 5.75 Å². The van der Waals surface area contributed by atoms with E-state index in [4.69, 9.17) is 4.74 Å². The van der Waals surface area contributed by atoms with Crippen molar-refractivity contribution in [2.45, 2.75) is 20.0 Å². The molecule has 28 heavy (non-hydrogen) atoms. The van der Waals surface area contributed by atoms with E-state index in [1.807, 2.05) is 53.3 Å². The SMILES string of the molecule is CN=C(NCc1ccn(-c2ccc(OC)cc2)n1)NCc1ccccc1C.I. The van der Waals surface area contributed by atoms with Gasteiger partial charge in [0.15, 0.2) is 5.96 Å². The molecule has 0 spiro atoms. The van der Waals surface area contributed by atoms with Crippen molar-refractivity contribution in [3.05, 3.63) is 77.6 Å². The van der Waals surface area contributed by atoms with Crippen molar-refractivity contribution in [2.24, 2.45) is 4.99 Å². The van der Waals surface area contributed by atoms with E-state index in [-0.39, 0.29) is 24.0 Å². The summed E-state index contributed by atoms with van der Waals surface area (Å²) in [6, 6.07) is 18.1. The van der Waals surface area contributed by atoms with Crippen LogP contribution in [0.4, 0.5) is 0 Å². The first-order valence-electron chi connectivity index (χ1n) is 8.87. The minimum absolute atomic E-state index is 0. The molecule has 0 saturated carbocycles. The van der Waals surface area contributed by atoms with E-state index in [1.54, 1.807) is 14.2 Å². The molecule has 1 aromatic heterocycles. The number of ether oxygens (including phenoxy) is 1. The number of halogens is 1. The number of guanidine groups is 1. The van der Waals surface area contributed by atoms with Gasteiger partial charge in [0.05, 0.1) is 25.0 Å². The Balaban J connectivity index is 0.00000280. The molecule has 1 heterocycles. The highest BCUT2D eigenvalue weighted by atomic mass is 127. The Morgan fingerprint density at radius 3 is 2.43 bits per heavy atom. The molecule has 0 saturated heterocycles. The molecule has 7 heteroatoms. The summed E-state index contributed by atoms with van der Waals surface area (Å²) in [5.74, 6) is 1.58. The number of hydrogen-bond donors (Lipinski definition) is 2. The summed E-state index contributed by atoms with van der Waals surface area (Å²) < 4.78 is 7.04. The molecule has 6 nitrogen and oxygen atoms in total. The maximum Gasteiger partial charge on any atom is 0.191 e. The molecule has 0 aliphatic heterocycles. The molecule has 0 fully saturated rings. The molecule has 3 rings (SSSR count). The summed E-state index contributed by atoms with van der Waals surface area (Å²) in [6.07, 6.45) is 1.95. The van der Waals surface area contributed by atoms with Crippen molar-refractivity contribution in [2.75, 3.05) is 14.2 Å². The molecule has 148 valence electrons. The topological polar surface area (TPSA) is 63.5 Å². The van der Waals surface area contributed by atoms with Gasteiger partial charge >= 0.3 is 0 Å². The maximum absolute atomic E-state index is 5.19. The summed E-state index contributed by atoms with van der Waals surface area (Å²) in [4.78, 5) is 4.28. The number of methoxy groups -OCH3 is 1. The number of rotatable bonds is 6. The van der Waals surface area contributed by atoms with Crippen LogP contribution in [-0.4, -0.2) is 29.9 Å². The fraction of sp³-hybridized carbons (Fsp3) is 0.238. The van der Waals surface area contributed by atoms with Gasteiger partial charge in [-0.05, 0) is 48.4 Å². The second-order valence-corrected chi connectivity index (χ2v) is 6.16. The van der Waals surface area contributed by atoms with Crippen molar-refractivity contribution in [3.63, 3.8) is 0 Å². The number of aryl methyl sites for hydroxylation is 1. The fourth-order valence-corrected chi connectivity index (χ4v) is 2.72. The summed E-state index contributed by atoms with van der Waals surface area (Å²) in [7, 11) is 3.43. The number of nitrogens with one attached hydrogen (secondary N) is 2. The van der Waals surface area contributed by atoms with Crippen molar-refractivity contribution in [1.82, 2.24) is 20.4 Å². The van der Waals surface area contributed by atoms with Crippen LogP contribution < -0.4 is 15.4 Å². The molecule has 3 aromatic rings. The molecule has 0 atom stereocenters. The molecule has 0 aliphatic rings. The van der Waals surface area contributed by atoms with Crippen molar-refractivity contribution >= 4 is 29.9 Å². The van der Waals surface area contributed by atoms with Gasteiger partial charge in [-0.15, -0.1) is 24.0 Å². The molecule has 0 unspecified atom stereocenters. The van der Waals surface area contributed by atoms with Crippen LogP contribution in [0.15, 0.2) is 65.8 Å². The largest absolute Gasteiger partial charge is 0.497 e. The van der Waals surface area contributed by atoms with Crippen LogP contribution in [-0.2, 0) is 13.1 Å².